The summed E-state index contributed by atoms with van der Waals surface area (Å²) < 4.78 is 73.0. The number of carbonyl (C=O) groups is 2. The van der Waals surface area contributed by atoms with E-state index in [1.54, 1.807) is 26.8 Å². The molecule has 3 rings (SSSR count). The fourth-order valence-corrected chi connectivity index (χ4v) is 4.57. The van der Waals surface area contributed by atoms with Gasteiger partial charge >= 0.3 is 12.1 Å². The van der Waals surface area contributed by atoms with Gasteiger partial charge in [0, 0.05) is 19.3 Å². The van der Waals surface area contributed by atoms with Gasteiger partial charge in [-0.2, -0.15) is 13.2 Å². The molecule has 10 heteroatoms. The van der Waals surface area contributed by atoms with Crippen LogP contribution in [0.4, 0.5) is 27.6 Å². The molecule has 1 fully saturated rings. The van der Waals surface area contributed by atoms with Crippen molar-refractivity contribution >= 4 is 29.2 Å². The second kappa shape index (κ2) is 11.2. The first-order valence-electron chi connectivity index (χ1n) is 12.3. The zero-order valence-electron chi connectivity index (χ0n) is 21.6. The summed E-state index contributed by atoms with van der Waals surface area (Å²) in [5.41, 5.74) is 0.823. The predicted molar refractivity (Wildman–Crippen MR) is 136 cm³/mol. The molecule has 1 N–H and O–H groups in total. The Balaban J connectivity index is 1.78. The number of anilines is 1. The van der Waals surface area contributed by atoms with Crippen molar-refractivity contribution in [3.8, 4) is 0 Å². The Hall–Kier alpha value is -2.68. The van der Waals surface area contributed by atoms with E-state index >= 15 is 0 Å². The van der Waals surface area contributed by atoms with E-state index in [2.05, 4.69) is 5.32 Å². The number of esters is 1. The predicted octanol–water partition coefficient (Wildman–Crippen LogP) is 8.05. The smallest absolute Gasteiger partial charge is 0.392 e. The van der Waals surface area contributed by atoms with Gasteiger partial charge in [0.15, 0.2) is 0 Å². The fraction of sp³-hybridized carbons (Fsp3) is 0.500. The average molecular weight is 560 g/mol. The quantitative estimate of drug-likeness (QED) is 0.263. The van der Waals surface area contributed by atoms with Crippen molar-refractivity contribution < 1.29 is 36.3 Å². The molecule has 0 radical (unpaired) electrons. The van der Waals surface area contributed by atoms with Crippen LogP contribution in [0.3, 0.4) is 0 Å². The summed E-state index contributed by atoms with van der Waals surface area (Å²) in [6, 6.07) is 10.4. The van der Waals surface area contributed by atoms with Gasteiger partial charge in [0.2, 0.25) is 11.8 Å². The zero-order chi connectivity index (χ0) is 28.5. The summed E-state index contributed by atoms with van der Waals surface area (Å²) in [6.07, 6.45) is -4.94. The van der Waals surface area contributed by atoms with E-state index in [1.165, 1.54) is 36.4 Å². The first-order chi connectivity index (χ1) is 17.4. The molecule has 2 aromatic rings. The number of hydrogen-bond donors (Lipinski definition) is 1. The minimum absolute atomic E-state index is 0.0687. The van der Waals surface area contributed by atoms with E-state index in [0.717, 1.165) is 6.92 Å². The number of halogens is 6. The Labute approximate surface area is 223 Å². The van der Waals surface area contributed by atoms with Gasteiger partial charge in [-0.15, -0.1) is 0 Å². The number of amides is 1. The maximum absolute atomic E-state index is 13.7. The lowest BCUT2D eigenvalue weighted by molar-refractivity contribution is -0.178. The van der Waals surface area contributed by atoms with E-state index in [9.17, 15) is 31.5 Å². The van der Waals surface area contributed by atoms with E-state index in [1.807, 2.05) is 0 Å². The molecular formula is C28H31ClF5NO3. The summed E-state index contributed by atoms with van der Waals surface area (Å²) in [4.78, 5) is 25.3. The molecule has 0 unspecified atom stereocenters. The normalized spacial score (nSPS) is 17.3. The molecule has 2 aromatic carbocycles. The lowest BCUT2D eigenvalue weighted by Gasteiger charge is -2.35. The number of carbonyl (C=O) groups excluding carboxylic acids is 2. The highest BCUT2D eigenvalue weighted by atomic mass is 35.5. The van der Waals surface area contributed by atoms with E-state index in [0.29, 0.717) is 11.1 Å². The minimum atomic E-state index is -4.67. The van der Waals surface area contributed by atoms with Gasteiger partial charge in [0.1, 0.15) is 5.60 Å². The van der Waals surface area contributed by atoms with Crippen LogP contribution in [0, 0.1) is 5.92 Å². The van der Waals surface area contributed by atoms with Gasteiger partial charge in [-0.05, 0) is 61.9 Å². The van der Waals surface area contributed by atoms with Crippen LogP contribution in [0.15, 0.2) is 42.5 Å². The van der Waals surface area contributed by atoms with Crippen molar-refractivity contribution in [3.63, 3.8) is 0 Å². The van der Waals surface area contributed by atoms with Gasteiger partial charge in [-0.3, -0.25) is 9.59 Å². The first-order valence-corrected chi connectivity index (χ1v) is 12.7. The van der Waals surface area contributed by atoms with E-state index in [-0.39, 0.29) is 47.9 Å². The highest BCUT2D eigenvalue weighted by Crippen LogP contribution is 2.48. The number of benzene rings is 2. The minimum Gasteiger partial charge on any atom is -0.460 e. The van der Waals surface area contributed by atoms with E-state index in [4.69, 9.17) is 16.3 Å². The average Bonchev–Trinajstić information content (AvgIpc) is 2.77. The standard InChI is InChI=1S/C28H31ClF5NO3/c1-16(28(32,33)34)24(19-9-7-18(8-10-19)20-14-27(30,31)15-20)25(37)35-22-13-17(5-11-21(22)29)6-12-23(36)38-26(2,3)4/h5,7-11,13,16,20,24H,6,12,14-15H2,1-4H3,(H,35,37)/t16-,24+/m1/s1. The molecule has 0 aliphatic heterocycles. The molecule has 1 saturated carbocycles. The number of alkyl halides is 5. The third-order valence-electron chi connectivity index (χ3n) is 6.48. The van der Waals surface area contributed by atoms with Crippen molar-refractivity contribution in [2.75, 3.05) is 5.32 Å². The van der Waals surface area contributed by atoms with Crippen LogP contribution >= 0.6 is 11.6 Å². The van der Waals surface area contributed by atoms with Crippen molar-refractivity contribution in [1.29, 1.82) is 0 Å². The van der Waals surface area contributed by atoms with Gasteiger partial charge in [0.05, 0.1) is 22.5 Å². The lowest BCUT2D eigenvalue weighted by Crippen LogP contribution is -2.35. The van der Waals surface area contributed by atoms with Gasteiger partial charge < -0.3 is 10.1 Å². The van der Waals surface area contributed by atoms with Crippen LogP contribution in [0.2, 0.25) is 5.02 Å². The van der Waals surface area contributed by atoms with Gasteiger partial charge in [-0.25, -0.2) is 8.78 Å². The topological polar surface area (TPSA) is 55.4 Å². The Morgan fingerprint density at radius 3 is 2.21 bits per heavy atom. The second-order valence-corrected chi connectivity index (χ2v) is 11.2. The van der Waals surface area contributed by atoms with Crippen molar-refractivity contribution in [1.82, 2.24) is 0 Å². The summed E-state index contributed by atoms with van der Waals surface area (Å²) in [6.45, 7) is 6.17. The Morgan fingerprint density at radius 1 is 1.08 bits per heavy atom. The lowest BCUT2D eigenvalue weighted by atomic mass is 9.76. The Kier molecular flexibility index (Phi) is 8.81. The molecule has 0 saturated heterocycles. The number of nitrogens with one attached hydrogen (secondary N) is 1. The fourth-order valence-electron chi connectivity index (χ4n) is 4.40. The number of hydrogen-bond acceptors (Lipinski definition) is 3. The zero-order valence-corrected chi connectivity index (χ0v) is 22.4. The third kappa shape index (κ3) is 7.91. The van der Waals surface area contributed by atoms with Crippen LogP contribution < -0.4 is 5.32 Å². The van der Waals surface area contributed by atoms with Crippen LogP contribution in [0.1, 0.15) is 75.5 Å². The summed E-state index contributed by atoms with van der Waals surface area (Å²) in [5, 5.41) is 2.64. The number of ether oxygens (including phenoxy) is 1. The molecule has 0 heterocycles. The van der Waals surface area contributed by atoms with Gasteiger partial charge in [-0.1, -0.05) is 48.9 Å². The molecule has 1 aliphatic carbocycles. The highest BCUT2D eigenvalue weighted by molar-refractivity contribution is 6.33. The van der Waals surface area contributed by atoms with Crippen molar-refractivity contribution in [3.05, 3.63) is 64.2 Å². The maximum atomic E-state index is 13.7. The molecule has 208 valence electrons. The monoisotopic (exact) mass is 559 g/mol. The van der Waals surface area contributed by atoms with Gasteiger partial charge in [0.25, 0.3) is 0 Å². The summed E-state index contributed by atoms with van der Waals surface area (Å²) in [5.74, 6) is -8.05. The molecule has 1 aliphatic rings. The largest absolute Gasteiger partial charge is 0.460 e. The first kappa shape index (κ1) is 29.9. The molecule has 0 aromatic heterocycles. The molecular weight excluding hydrogens is 529 g/mol. The van der Waals surface area contributed by atoms with E-state index < -0.39 is 41.4 Å². The second-order valence-electron chi connectivity index (χ2n) is 10.8. The van der Waals surface area contributed by atoms with Crippen LogP contribution in [0.25, 0.3) is 0 Å². The third-order valence-corrected chi connectivity index (χ3v) is 6.81. The number of rotatable bonds is 8. The Morgan fingerprint density at radius 2 is 1.68 bits per heavy atom. The summed E-state index contributed by atoms with van der Waals surface area (Å²) >= 11 is 6.22. The molecule has 4 nitrogen and oxygen atoms in total. The van der Waals surface area contributed by atoms with Crippen molar-refractivity contribution in [2.24, 2.45) is 5.92 Å². The maximum Gasteiger partial charge on any atom is 0.392 e. The summed E-state index contributed by atoms with van der Waals surface area (Å²) in [7, 11) is 0. The molecule has 2 atom stereocenters. The molecule has 1 amide bonds. The van der Waals surface area contributed by atoms with Crippen LogP contribution in [0.5, 0.6) is 0 Å². The van der Waals surface area contributed by atoms with Crippen LogP contribution in [-0.4, -0.2) is 29.6 Å². The highest BCUT2D eigenvalue weighted by Gasteiger charge is 2.47. The molecule has 38 heavy (non-hydrogen) atoms. The SMILES string of the molecule is C[C@H]([C@H](C(=O)Nc1cc(CCC(=O)OC(C)(C)C)ccc1Cl)c1ccc(C2CC(F)(F)C2)cc1)C(F)(F)F. The van der Waals surface area contributed by atoms with Crippen molar-refractivity contribution in [2.45, 2.75) is 82.9 Å². The molecule has 0 spiro atoms. The van der Waals surface area contributed by atoms with Crippen LogP contribution in [-0.2, 0) is 20.7 Å². The Bertz CT molecular complexity index is 1150. The number of aryl methyl sites for hydroxylation is 1. The molecule has 0 bridgehead atoms.